The van der Waals surface area contributed by atoms with Crippen molar-refractivity contribution < 1.29 is 29.0 Å². The third kappa shape index (κ3) is 4.20. The maximum absolute atomic E-state index is 13.9. The van der Waals surface area contributed by atoms with E-state index in [1.807, 2.05) is 20.8 Å². The van der Waals surface area contributed by atoms with Gasteiger partial charge < -0.3 is 30.1 Å². The average Bonchev–Trinajstić information content (AvgIpc) is 3.38. The molecule has 3 amide bonds. The minimum atomic E-state index is -1.10. The Kier molecular flexibility index (Phi) is 6.96. The lowest BCUT2D eigenvalue weighted by molar-refractivity contribution is -0.147. The molecule has 3 saturated heterocycles. The van der Waals surface area contributed by atoms with E-state index in [1.54, 1.807) is 24.3 Å². The summed E-state index contributed by atoms with van der Waals surface area (Å²) in [6, 6.07) is 6.33. The van der Waals surface area contributed by atoms with Gasteiger partial charge in [-0.05, 0) is 63.3 Å². The average molecular weight is 514 g/mol. The Morgan fingerprint density at radius 1 is 1.16 bits per heavy atom. The molecule has 4 fully saturated rings. The summed E-state index contributed by atoms with van der Waals surface area (Å²) >= 11 is 0. The molecule has 1 aliphatic carbocycles. The number of carbonyl (C=O) groups is 3. The number of aliphatic hydroxyl groups is 1. The van der Waals surface area contributed by atoms with Crippen molar-refractivity contribution in [1.29, 1.82) is 0 Å². The molecule has 5 rings (SSSR count). The minimum Gasteiger partial charge on any atom is -0.494 e. The number of β-amino-alcohol motifs (C(OH)–C–C–N with tert-alkyl or cyclic N) is 1. The first-order valence-electron chi connectivity index (χ1n) is 13.7. The second kappa shape index (κ2) is 9.91. The highest BCUT2D eigenvalue weighted by Crippen LogP contribution is 2.65. The van der Waals surface area contributed by atoms with Crippen molar-refractivity contribution >= 4 is 23.4 Å². The molecule has 1 aromatic carbocycles. The number of benzene rings is 1. The molecular formula is C28H39N3O6. The van der Waals surface area contributed by atoms with Crippen molar-refractivity contribution in [2.45, 2.75) is 82.6 Å². The number of amides is 3. The summed E-state index contributed by atoms with van der Waals surface area (Å²) in [7, 11) is 0. The van der Waals surface area contributed by atoms with Gasteiger partial charge in [0.2, 0.25) is 17.7 Å². The molecule has 9 nitrogen and oxygen atoms in total. The minimum absolute atomic E-state index is 0.0293. The monoisotopic (exact) mass is 513 g/mol. The SMILES string of the molecule is CCOc1ccc(NC(=O)[C@H]2[C@H]3C(=O)N(CCO)C(C(=O)NC4CCCCC4)C34CC(C)[C@]2(C)O4)cc1. The van der Waals surface area contributed by atoms with Crippen LogP contribution in [0.3, 0.4) is 0 Å². The lowest BCUT2D eigenvalue weighted by atomic mass is 9.62. The first-order valence-corrected chi connectivity index (χ1v) is 13.7. The molecule has 0 aromatic heterocycles. The first kappa shape index (κ1) is 26.0. The Morgan fingerprint density at radius 2 is 1.86 bits per heavy atom. The number of fused-ring (bicyclic) bond motifs is 1. The summed E-state index contributed by atoms with van der Waals surface area (Å²) in [6.45, 7) is 6.14. The predicted molar refractivity (Wildman–Crippen MR) is 137 cm³/mol. The Labute approximate surface area is 218 Å². The maximum atomic E-state index is 13.9. The van der Waals surface area contributed by atoms with Crippen molar-refractivity contribution in [2.24, 2.45) is 17.8 Å². The Balaban J connectivity index is 1.44. The lowest BCUT2D eigenvalue weighted by Crippen LogP contribution is -2.57. The summed E-state index contributed by atoms with van der Waals surface area (Å²) < 4.78 is 12.2. The molecule has 3 aliphatic heterocycles. The van der Waals surface area contributed by atoms with Crippen LogP contribution < -0.4 is 15.4 Å². The molecule has 1 aromatic rings. The molecule has 1 spiro atoms. The lowest BCUT2D eigenvalue weighted by Gasteiger charge is -2.36. The number of nitrogens with one attached hydrogen (secondary N) is 2. The number of anilines is 1. The third-order valence-corrected chi connectivity index (χ3v) is 9.07. The van der Waals surface area contributed by atoms with Gasteiger partial charge in [-0.3, -0.25) is 14.4 Å². The second-order valence-corrected chi connectivity index (χ2v) is 11.2. The van der Waals surface area contributed by atoms with Crippen LogP contribution in [0.5, 0.6) is 5.75 Å². The Morgan fingerprint density at radius 3 is 2.51 bits per heavy atom. The van der Waals surface area contributed by atoms with Crippen molar-refractivity contribution in [3.05, 3.63) is 24.3 Å². The van der Waals surface area contributed by atoms with Crippen molar-refractivity contribution in [2.75, 3.05) is 25.1 Å². The van der Waals surface area contributed by atoms with Crippen LogP contribution in [0.4, 0.5) is 5.69 Å². The zero-order valence-corrected chi connectivity index (χ0v) is 22.0. The van der Waals surface area contributed by atoms with Gasteiger partial charge in [-0.1, -0.05) is 26.2 Å². The van der Waals surface area contributed by atoms with Crippen LogP contribution in [0.25, 0.3) is 0 Å². The van der Waals surface area contributed by atoms with Gasteiger partial charge in [0.05, 0.1) is 30.7 Å². The summed E-state index contributed by atoms with van der Waals surface area (Å²) in [5, 5.41) is 15.9. The molecule has 3 heterocycles. The van der Waals surface area contributed by atoms with Crippen LogP contribution in [0.1, 0.15) is 59.3 Å². The molecule has 0 radical (unpaired) electrons. The molecule has 3 unspecified atom stereocenters. The highest BCUT2D eigenvalue weighted by atomic mass is 16.5. The number of aliphatic hydroxyl groups excluding tert-OH is 1. The molecule has 37 heavy (non-hydrogen) atoms. The third-order valence-electron chi connectivity index (χ3n) is 9.07. The second-order valence-electron chi connectivity index (χ2n) is 11.2. The summed E-state index contributed by atoms with van der Waals surface area (Å²) in [5.74, 6) is -1.70. The first-order chi connectivity index (χ1) is 17.7. The van der Waals surface area contributed by atoms with Crippen LogP contribution in [0.2, 0.25) is 0 Å². The number of rotatable bonds is 8. The molecule has 1 saturated carbocycles. The number of carbonyl (C=O) groups excluding carboxylic acids is 3. The van der Waals surface area contributed by atoms with Gasteiger partial charge in [0, 0.05) is 18.3 Å². The van der Waals surface area contributed by atoms with Gasteiger partial charge in [0.1, 0.15) is 17.4 Å². The van der Waals surface area contributed by atoms with E-state index < -0.39 is 29.1 Å². The van der Waals surface area contributed by atoms with E-state index in [2.05, 4.69) is 10.6 Å². The van der Waals surface area contributed by atoms with Crippen LogP contribution in [0.15, 0.2) is 24.3 Å². The summed E-state index contributed by atoms with van der Waals surface area (Å²) in [6.07, 6.45) is 5.67. The van der Waals surface area contributed by atoms with Gasteiger partial charge in [0.25, 0.3) is 0 Å². The van der Waals surface area contributed by atoms with Crippen LogP contribution in [-0.2, 0) is 19.1 Å². The summed E-state index contributed by atoms with van der Waals surface area (Å²) in [5.41, 5.74) is -1.38. The number of ether oxygens (including phenoxy) is 2. The smallest absolute Gasteiger partial charge is 0.246 e. The topological polar surface area (TPSA) is 117 Å². The van der Waals surface area contributed by atoms with Crippen molar-refractivity contribution in [1.82, 2.24) is 10.2 Å². The van der Waals surface area contributed by atoms with E-state index in [0.29, 0.717) is 24.5 Å². The van der Waals surface area contributed by atoms with E-state index >= 15 is 0 Å². The van der Waals surface area contributed by atoms with Crippen LogP contribution in [0, 0.1) is 17.8 Å². The fourth-order valence-electron chi connectivity index (χ4n) is 7.34. The Hall–Kier alpha value is -2.65. The summed E-state index contributed by atoms with van der Waals surface area (Å²) in [4.78, 5) is 42.8. The molecule has 9 heteroatoms. The quantitative estimate of drug-likeness (QED) is 0.492. The van der Waals surface area contributed by atoms with Gasteiger partial charge in [0.15, 0.2) is 0 Å². The van der Waals surface area contributed by atoms with Gasteiger partial charge in [-0.15, -0.1) is 0 Å². The fraction of sp³-hybridized carbons (Fsp3) is 0.679. The molecule has 4 aliphatic rings. The largest absolute Gasteiger partial charge is 0.494 e. The zero-order chi connectivity index (χ0) is 26.4. The van der Waals surface area contributed by atoms with E-state index in [1.165, 1.54) is 11.3 Å². The normalized spacial score (nSPS) is 34.9. The van der Waals surface area contributed by atoms with Crippen LogP contribution in [-0.4, -0.2) is 70.8 Å². The van der Waals surface area contributed by atoms with E-state index in [9.17, 15) is 19.5 Å². The highest BCUT2D eigenvalue weighted by Gasteiger charge is 2.79. The van der Waals surface area contributed by atoms with Crippen molar-refractivity contribution in [3.8, 4) is 5.75 Å². The predicted octanol–water partition coefficient (Wildman–Crippen LogP) is 2.48. The number of likely N-dealkylation sites (tertiary alicyclic amines) is 1. The van der Waals surface area contributed by atoms with Gasteiger partial charge in [-0.2, -0.15) is 0 Å². The van der Waals surface area contributed by atoms with Gasteiger partial charge >= 0.3 is 0 Å². The van der Waals surface area contributed by atoms with Gasteiger partial charge in [-0.25, -0.2) is 0 Å². The number of hydrogen-bond acceptors (Lipinski definition) is 6. The fourth-order valence-corrected chi connectivity index (χ4v) is 7.34. The van der Waals surface area contributed by atoms with Crippen LogP contribution >= 0.6 is 0 Å². The van der Waals surface area contributed by atoms with E-state index in [-0.39, 0.29) is 42.8 Å². The Bertz CT molecular complexity index is 1040. The van der Waals surface area contributed by atoms with Crippen molar-refractivity contribution in [3.63, 3.8) is 0 Å². The van der Waals surface area contributed by atoms with E-state index in [0.717, 1.165) is 25.7 Å². The molecule has 6 atom stereocenters. The number of nitrogens with zero attached hydrogens (tertiary/aromatic N) is 1. The maximum Gasteiger partial charge on any atom is 0.246 e. The molecule has 2 bridgehead atoms. The molecule has 3 N–H and O–H groups in total. The number of hydrogen-bond donors (Lipinski definition) is 3. The zero-order valence-electron chi connectivity index (χ0n) is 22.0. The van der Waals surface area contributed by atoms with E-state index in [4.69, 9.17) is 9.47 Å². The highest BCUT2D eigenvalue weighted by molar-refractivity contribution is 6.02. The molecular weight excluding hydrogens is 474 g/mol. The standard InChI is InChI=1S/C28H39N3O6/c1-4-36-20-12-10-19(11-13-20)29-24(33)21-22-26(35)31(14-15-32)23(25(34)30-18-8-6-5-7-9-18)28(22)16-17(2)27(21,3)37-28/h10-13,17-18,21-23,32H,4-9,14-16H2,1-3H3,(H,29,33)(H,30,34)/t17?,21-,22+,23?,27+,28?/m1/s1. The molecule has 202 valence electrons.